The number of methoxy groups -OCH3 is 1. The number of hydrogen-bond acceptors (Lipinski definition) is 7. The average Bonchev–Trinajstić information content (AvgIpc) is 2.80. The van der Waals surface area contributed by atoms with Gasteiger partial charge < -0.3 is 19.3 Å². The summed E-state index contributed by atoms with van der Waals surface area (Å²) >= 11 is 0. The Morgan fingerprint density at radius 1 is 0.935 bits per heavy atom. The van der Waals surface area contributed by atoms with Crippen molar-refractivity contribution in [3.05, 3.63) is 59.7 Å². The molecule has 1 aliphatic rings. The van der Waals surface area contributed by atoms with E-state index in [1.165, 1.54) is 12.7 Å². The van der Waals surface area contributed by atoms with Crippen LogP contribution in [0.4, 0.5) is 0 Å². The second kappa shape index (κ2) is 11.7. The van der Waals surface area contributed by atoms with Crippen molar-refractivity contribution in [2.75, 3.05) is 53.0 Å². The number of benzene rings is 2. The Bertz CT molecular complexity index is 802. The predicted octanol–water partition coefficient (Wildman–Crippen LogP) is 2.43. The van der Waals surface area contributed by atoms with Crippen LogP contribution in [0.2, 0.25) is 0 Å². The van der Waals surface area contributed by atoms with Crippen molar-refractivity contribution in [2.45, 2.75) is 19.6 Å². The molecule has 31 heavy (non-hydrogen) atoms. The van der Waals surface area contributed by atoms with Gasteiger partial charge in [-0.1, -0.05) is 12.1 Å². The number of nitrogens with zero attached hydrogens (tertiary/aromatic N) is 2. The van der Waals surface area contributed by atoms with E-state index in [-0.39, 0.29) is 12.6 Å². The molecule has 1 saturated heterocycles. The van der Waals surface area contributed by atoms with Crippen molar-refractivity contribution in [3.8, 4) is 11.5 Å². The van der Waals surface area contributed by atoms with E-state index in [9.17, 15) is 9.90 Å². The van der Waals surface area contributed by atoms with Gasteiger partial charge in [-0.25, -0.2) is 4.79 Å². The Balaban J connectivity index is 1.35. The summed E-state index contributed by atoms with van der Waals surface area (Å²) in [5.74, 6) is 1.15. The first-order chi connectivity index (χ1) is 15.1. The lowest BCUT2D eigenvalue weighted by atomic mass is 10.2. The summed E-state index contributed by atoms with van der Waals surface area (Å²) < 4.78 is 15.8. The molecule has 2 aromatic rings. The molecule has 1 N–H and O–H groups in total. The molecule has 2 aromatic carbocycles. The third-order valence-corrected chi connectivity index (χ3v) is 5.29. The number of rotatable bonds is 10. The van der Waals surface area contributed by atoms with E-state index >= 15 is 0 Å². The average molecular weight is 429 g/mol. The monoisotopic (exact) mass is 428 g/mol. The van der Waals surface area contributed by atoms with Crippen LogP contribution in [0.25, 0.3) is 0 Å². The molecule has 1 aliphatic heterocycles. The number of β-amino-alcohol motifs (C(OH)–C–C–N with tert-alkyl or cyclic N) is 1. The molecule has 7 heteroatoms. The predicted molar refractivity (Wildman–Crippen MR) is 119 cm³/mol. The molecule has 168 valence electrons. The van der Waals surface area contributed by atoms with Crippen LogP contribution in [-0.4, -0.2) is 80.0 Å². The SMILES string of the molecule is CCOc1ccc(CN2CCN(CC(O)COc3ccc(C(=O)OC)cc3)CC2)cc1. The van der Waals surface area contributed by atoms with Crippen LogP contribution >= 0.6 is 0 Å². The van der Waals surface area contributed by atoms with Gasteiger partial charge in [-0.2, -0.15) is 0 Å². The van der Waals surface area contributed by atoms with Gasteiger partial charge in [0.05, 0.1) is 19.3 Å². The number of esters is 1. The summed E-state index contributed by atoms with van der Waals surface area (Å²) in [7, 11) is 1.35. The lowest BCUT2D eigenvalue weighted by Crippen LogP contribution is -2.48. The zero-order chi connectivity index (χ0) is 22.1. The molecule has 0 bridgehead atoms. The van der Waals surface area contributed by atoms with Gasteiger partial charge in [-0.3, -0.25) is 9.80 Å². The Hall–Kier alpha value is -2.61. The van der Waals surface area contributed by atoms with Gasteiger partial charge in [-0.05, 0) is 48.9 Å². The van der Waals surface area contributed by atoms with Crippen molar-refractivity contribution in [2.24, 2.45) is 0 Å². The molecule has 3 rings (SSSR count). The summed E-state index contributed by atoms with van der Waals surface area (Å²) in [4.78, 5) is 16.2. The van der Waals surface area contributed by atoms with E-state index in [1.807, 2.05) is 19.1 Å². The Labute approximate surface area is 184 Å². The quantitative estimate of drug-likeness (QED) is 0.583. The second-order valence-corrected chi connectivity index (χ2v) is 7.63. The highest BCUT2D eigenvalue weighted by atomic mass is 16.5. The molecule has 0 spiro atoms. The number of carbonyl (C=O) groups excluding carboxylic acids is 1. The highest BCUT2D eigenvalue weighted by molar-refractivity contribution is 5.89. The van der Waals surface area contributed by atoms with Crippen molar-refractivity contribution < 1.29 is 24.1 Å². The minimum atomic E-state index is -0.571. The molecule has 1 fully saturated rings. The smallest absolute Gasteiger partial charge is 0.337 e. The van der Waals surface area contributed by atoms with Crippen molar-refractivity contribution in [1.82, 2.24) is 9.80 Å². The van der Waals surface area contributed by atoms with Crippen LogP contribution < -0.4 is 9.47 Å². The molecular weight excluding hydrogens is 396 g/mol. The fourth-order valence-electron chi connectivity index (χ4n) is 3.59. The summed E-state index contributed by atoms with van der Waals surface area (Å²) in [5.41, 5.74) is 1.75. The van der Waals surface area contributed by atoms with Crippen LogP contribution in [0.5, 0.6) is 11.5 Å². The number of piperazine rings is 1. The van der Waals surface area contributed by atoms with Crippen LogP contribution in [0.15, 0.2) is 48.5 Å². The maximum atomic E-state index is 11.5. The number of carbonyl (C=O) groups is 1. The van der Waals surface area contributed by atoms with Crippen LogP contribution in [0.1, 0.15) is 22.8 Å². The highest BCUT2D eigenvalue weighted by Gasteiger charge is 2.19. The molecule has 0 amide bonds. The summed E-state index contributed by atoms with van der Waals surface area (Å²) in [6.07, 6.45) is -0.571. The first-order valence-electron chi connectivity index (χ1n) is 10.7. The van der Waals surface area contributed by atoms with E-state index in [1.54, 1.807) is 24.3 Å². The van der Waals surface area contributed by atoms with Gasteiger partial charge in [0.2, 0.25) is 0 Å². The van der Waals surface area contributed by atoms with E-state index < -0.39 is 6.10 Å². The minimum Gasteiger partial charge on any atom is -0.494 e. The molecule has 0 aromatic heterocycles. The molecule has 1 unspecified atom stereocenters. The molecule has 7 nitrogen and oxygen atoms in total. The highest BCUT2D eigenvalue weighted by Crippen LogP contribution is 2.16. The molecule has 1 atom stereocenters. The minimum absolute atomic E-state index is 0.212. The lowest BCUT2D eigenvalue weighted by molar-refractivity contribution is 0.0446. The van der Waals surface area contributed by atoms with E-state index in [0.29, 0.717) is 24.5 Å². The van der Waals surface area contributed by atoms with Crippen LogP contribution in [0.3, 0.4) is 0 Å². The lowest BCUT2D eigenvalue weighted by Gasteiger charge is -2.35. The van der Waals surface area contributed by atoms with Gasteiger partial charge in [0.25, 0.3) is 0 Å². The maximum absolute atomic E-state index is 11.5. The molecule has 1 heterocycles. The van der Waals surface area contributed by atoms with Gasteiger partial charge in [0.1, 0.15) is 24.2 Å². The van der Waals surface area contributed by atoms with Crippen LogP contribution in [0, 0.1) is 0 Å². The van der Waals surface area contributed by atoms with Gasteiger partial charge in [0, 0.05) is 39.3 Å². The first-order valence-corrected chi connectivity index (χ1v) is 10.7. The fourth-order valence-corrected chi connectivity index (χ4v) is 3.59. The Morgan fingerprint density at radius 2 is 1.52 bits per heavy atom. The van der Waals surface area contributed by atoms with Gasteiger partial charge in [0.15, 0.2) is 0 Å². The molecule has 0 radical (unpaired) electrons. The molecular formula is C24H32N2O5. The standard InChI is InChI=1S/C24H32N2O5/c1-3-30-22-8-4-19(5-9-22)16-25-12-14-26(15-13-25)17-21(27)18-31-23-10-6-20(7-11-23)24(28)29-2/h4-11,21,27H,3,12-18H2,1-2H3. The molecule has 0 saturated carbocycles. The normalized spacial score (nSPS) is 16.0. The number of hydrogen-bond donors (Lipinski definition) is 1. The van der Waals surface area contributed by atoms with Crippen molar-refractivity contribution in [1.29, 1.82) is 0 Å². The summed E-state index contributed by atoms with van der Waals surface area (Å²) in [6.45, 7) is 8.16. The zero-order valence-electron chi connectivity index (χ0n) is 18.3. The maximum Gasteiger partial charge on any atom is 0.337 e. The van der Waals surface area contributed by atoms with Crippen LogP contribution in [-0.2, 0) is 11.3 Å². The van der Waals surface area contributed by atoms with E-state index in [0.717, 1.165) is 38.5 Å². The van der Waals surface area contributed by atoms with Gasteiger partial charge in [-0.15, -0.1) is 0 Å². The molecule has 0 aliphatic carbocycles. The third kappa shape index (κ3) is 7.24. The van der Waals surface area contributed by atoms with Gasteiger partial charge >= 0.3 is 5.97 Å². The topological polar surface area (TPSA) is 71.5 Å². The Kier molecular flexibility index (Phi) is 8.70. The van der Waals surface area contributed by atoms with E-state index in [2.05, 4.69) is 26.7 Å². The zero-order valence-corrected chi connectivity index (χ0v) is 18.3. The van der Waals surface area contributed by atoms with E-state index in [4.69, 9.17) is 9.47 Å². The first kappa shape index (κ1) is 23.1. The Morgan fingerprint density at radius 3 is 2.13 bits per heavy atom. The second-order valence-electron chi connectivity index (χ2n) is 7.63. The summed E-state index contributed by atoms with van der Waals surface area (Å²) in [5, 5.41) is 10.3. The number of aliphatic hydroxyl groups excluding tert-OH is 1. The van der Waals surface area contributed by atoms with Crippen molar-refractivity contribution >= 4 is 5.97 Å². The number of aliphatic hydroxyl groups is 1. The van der Waals surface area contributed by atoms with Crippen molar-refractivity contribution in [3.63, 3.8) is 0 Å². The third-order valence-electron chi connectivity index (χ3n) is 5.29. The number of ether oxygens (including phenoxy) is 3. The summed E-state index contributed by atoms with van der Waals surface area (Å²) in [6, 6.07) is 15.0. The fraction of sp³-hybridized carbons (Fsp3) is 0.458. The largest absolute Gasteiger partial charge is 0.494 e.